The van der Waals surface area contributed by atoms with Crippen LogP contribution in [0.4, 0.5) is 0 Å². The van der Waals surface area contributed by atoms with E-state index in [2.05, 4.69) is 9.97 Å². The average molecular weight is 407 g/mol. The summed E-state index contributed by atoms with van der Waals surface area (Å²) in [6.45, 7) is 0.566. The van der Waals surface area contributed by atoms with Crippen LogP contribution in [0.2, 0.25) is 0 Å². The van der Waals surface area contributed by atoms with Gasteiger partial charge in [0.1, 0.15) is 17.8 Å². The number of esters is 1. The second-order valence-electron chi connectivity index (χ2n) is 6.70. The zero-order valence-electron chi connectivity index (χ0n) is 15.8. The molecule has 0 saturated carbocycles. The molecule has 1 fully saturated rings. The van der Waals surface area contributed by atoms with E-state index in [1.807, 2.05) is 60.7 Å². The minimum atomic E-state index is -0.313. The SMILES string of the molecule is O=C(CCN1C(=O)CSC1c1cnc(-c2ccccc2)[nH]1)OCc1ccccc1. The molecule has 0 bridgehead atoms. The molecule has 148 valence electrons. The highest BCUT2D eigenvalue weighted by Crippen LogP contribution is 2.38. The van der Waals surface area contributed by atoms with Gasteiger partial charge in [-0.2, -0.15) is 0 Å². The van der Waals surface area contributed by atoms with Gasteiger partial charge in [0.2, 0.25) is 5.91 Å². The molecular formula is C22H21N3O3S. The highest BCUT2D eigenvalue weighted by molar-refractivity contribution is 8.00. The lowest BCUT2D eigenvalue weighted by molar-refractivity contribution is -0.145. The van der Waals surface area contributed by atoms with Crippen molar-refractivity contribution in [3.63, 3.8) is 0 Å². The number of hydrogen-bond donors (Lipinski definition) is 1. The highest BCUT2D eigenvalue weighted by Gasteiger charge is 2.34. The molecule has 1 atom stereocenters. The van der Waals surface area contributed by atoms with Gasteiger partial charge in [-0.25, -0.2) is 4.98 Å². The van der Waals surface area contributed by atoms with Crippen LogP contribution in [0.3, 0.4) is 0 Å². The Morgan fingerprint density at radius 1 is 1.14 bits per heavy atom. The summed E-state index contributed by atoms with van der Waals surface area (Å²) in [6, 6.07) is 19.4. The molecule has 1 aromatic heterocycles. The fourth-order valence-corrected chi connectivity index (χ4v) is 4.35. The predicted octanol–water partition coefficient (Wildman–Crippen LogP) is 3.78. The molecule has 1 unspecified atom stereocenters. The molecule has 1 aliphatic heterocycles. The molecule has 6 nitrogen and oxygen atoms in total. The molecule has 4 rings (SSSR count). The number of aromatic amines is 1. The first-order valence-corrected chi connectivity index (χ1v) is 10.5. The van der Waals surface area contributed by atoms with E-state index in [0.29, 0.717) is 12.3 Å². The number of nitrogens with one attached hydrogen (secondary N) is 1. The molecule has 0 aliphatic carbocycles. The topological polar surface area (TPSA) is 75.3 Å². The molecule has 3 aromatic rings. The molecule has 0 radical (unpaired) electrons. The quantitative estimate of drug-likeness (QED) is 0.603. The van der Waals surface area contributed by atoms with Gasteiger partial charge in [-0.15, -0.1) is 11.8 Å². The highest BCUT2D eigenvalue weighted by atomic mass is 32.2. The Bertz CT molecular complexity index is 975. The minimum Gasteiger partial charge on any atom is -0.461 e. The number of carbonyl (C=O) groups excluding carboxylic acids is 2. The number of hydrogen-bond acceptors (Lipinski definition) is 5. The second kappa shape index (κ2) is 8.96. The van der Waals surface area contributed by atoms with Crippen molar-refractivity contribution in [1.29, 1.82) is 0 Å². The molecular weight excluding hydrogens is 386 g/mol. The Labute approximate surface area is 173 Å². The van der Waals surface area contributed by atoms with E-state index in [0.717, 1.165) is 22.6 Å². The summed E-state index contributed by atoms with van der Waals surface area (Å²) in [5, 5.41) is -0.172. The maximum Gasteiger partial charge on any atom is 0.307 e. The standard InChI is InChI=1S/C22H21N3O3S/c26-19-15-29-22(18-13-23-21(24-18)17-9-5-2-6-10-17)25(19)12-11-20(27)28-14-16-7-3-1-4-8-16/h1-10,13,22H,11-12,14-15H2,(H,23,24). The van der Waals surface area contributed by atoms with Gasteiger partial charge in [-0.05, 0) is 5.56 Å². The van der Waals surface area contributed by atoms with Crippen LogP contribution in [-0.2, 0) is 20.9 Å². The van der Waals surface area contributed by atoms with E-state index in [1.165, 1.54) is 11.8 Å². The number of ether oxygens (including phenoxy) is 1. The van der Waals surface area contributed by atoms with Crippen molar-refractivity contribution in [2.24, 2.45) is 0 Å². The van der Waals surface area contributed by atoms with Crippen molar-refractivity contribution in [3.8, 4) is 11.4 Å². The van der Waals surface area contributed by atoms with Crippen molar-refractivity contribution in [2.75, 3.05) is 12.3 Å². The molecule has 1 N–H and O–H groups in total. The Balaban J connectivity index is 1.36. The van der Waals surface area contributed by atoms with E-state index in [-0.39, 0.29) is 30.3 Å². The van der Waals surface area contributed by atoms with Crippen LogP contribution in [0.15, 0.2) is 66.9 Å². The number of rotatable bonds is 7. The van der Waals surface area contributed by atoms with E-state index in [4.69, 9.17) is 4.74 Å². The van der Waals surface area contributed by atoms with Crippen molar-refractivity contribution < 1.29 is 14.3 Å². The lowest BCUT2D eigenvalue weighted by Crippen LogP contribution is -2.31. The van der Waals surface area contributed by atoms with Crippen LogP contribution in [-0.4, -0.2) is 39.0 Å². The number of nitrogens with zero attached hydrogens (tertiary/aromatic N) is 2. The van der Waals surface area contributed by atoms with Gasteiger partial charge >= 0.3 is 5.97 Å². The first kappa shape index (κ1) is 19.3. The number of benzene rings is 2. The fraction of sp³-hybridized carbons (Fsp3) is 0.227. The summed E-state index contributed by atoms with van der Waals surface area (Å²) in [4.78, 5) is 34.0. The second-order valence-corrected chi connectivity index (χ2v) is 7.77. The number of H-pyrrole nitrogens is 1. The van der Waals surface area contributed by atoms with Gasteiger partial charge in [0, 0.05) is 12.1 Å². The third-order valence-corrected chi connectivity index (χ3v) is 5.91. The van der Waals surface area contributed by atoms with E-state index in [9.17, 15) is 9.59 Å². The fourth-order valence-electron chi connectivity index (χ4n) is 3.18. The maximum atomic E-state index is 12.3. The molecule has 1 saturated heterocycles. The largest absolute Gasteiger partial charge is 0.461 e. The number of thioether (sulfide) groups is 1. The summed E-state index contributed by atoms with van der Waals surface area (Å²) in [5.41, 5.74) is 2.79. The summed E-state index contributed by atoms with van der Waals surface area (Å²) >= 11 is 1.54. The zero-order chi connectivity index (χ0) is 20.1. The number of amides is 1. The van der Waals surface area contributed by atoms with Gasteiger partial charge in [-0.1, -0.05) is 60.7 Å². The van der Waals surface area contributed by atoms with Crippen molar-refractivity contribution >= 4 is 23.6 Å². The molecule has 2 heterocycles. The molecule has 29 heavy (non-hydrogen) atoms. The van der Waals surface area contributed by atoms with Gasteiger partial charge in [0.25, 0.3) is 0 Å². The number of carbonyl (C=O) groups is 2. The lowest BCUT2D eigenvalue weighted by Gasteiger charge is -2.22. The summed E-state index contributed by atoms with van der Waals surface area (Å²) < 4.78 is 5.32. The summed E-state index contributed by atoms with van der Waals surface area (Å²) in [6.07, 6.45) is 1.93. The molecule has 1 aliphatic rings. The Hall–Kier alpha value is -3.06. The Morgan fingerprint density at radius 2 is 1.86 bits per heavy atom. The summed E-state index contributed by atoms with van der Waals surface area (Å²) in [5.74, 6) is 0.866. The predicted molar refractivity (Wildman–Crippen MR) is 112 cm³/mol. The van der Waals surface area contributed by atoms with E-state index in [1.54, 1.807) is 11.1 Å². The maximum absolute atomic E-state index is 12.3. The van der Waals surface area contributed by atoms with Crippen LogP contribution < -0.4 is 0 Å². The monoisotopic (exact) mass is 407 g/mol. The van der Waals surface area contributed by atoms with Crippen LogP contribution in [0.5, 0.6) is 0 Å². The van der Waals surface area contributed by atoms with E-state index >= 15 is 0 Å². The molecule has 1 amide bonds. The zero-order valence-corrected chi connectivity index (χ0v) is 16.6. The van der Waals surface area contributed by atoms with Crippen molar-refractivity contribution in [2.45, 2.75) is 18.4 Å². The third-order valence-electron chi connectivity index (χ3n) is 4.68. The van der Waals surface area contributed by atoms with Crippen LogP contribution >= 0.6 is 11.8 Å². The van der Waals surface area contributed by atoms with Gasteiger partial charge in [-0.3, -0.25) is 9.59 Å². The number of aromatic nitrogens is 2. The normalized spacial score (nSPS) is 16.2. The summed E-state index contributed by atoms with van der Waals surface area (Å²) in [7, 11) is 0. The minimum absolute atomic E-state index is 0.0201. The molecule has 0 spiro atoms. The van der Waals surface area contributed by atoms with Crippen LogP contribution in [0.1, 0.15) is 23.1 Å². The van der Waals surface area contributed by atoms with Gasteiger partial charge in [0.05, 0.1) is 24.1 Å². The smallest absolute Gasteiger partial charge is 0.307 e. The first-order chi connectivity index (χ1) is 14.2. The molecule has 7 heteroatoms. The lowest BCUT2D eigenvalue weighted by atomic mass is 10.2. The average Bonchev–Trinajstić information content (AvgIpc) is 3.39. The van der Waals surface area contributed by atoms with Gasteiger partial charge < -0.3 is 14.6 Å². The van der Waals surface area contributed by atoms with Crippen molar-refractivity contribution in [1.82, 2.24) is 14.9 Å². The van der Waals surface area contributed by atoms with Crippen LogP contribution in [0, 0.1) is 0 Å². The van der Waals surface area contributed by atoms with Crippen LogP contribution in [0.25, 0.3) is 11.4 Å². The number of imidazole rings is 1. The Morgan fingerprint density at radius 3 is 2.62 bits per heavy atom. The molecule has 2 aromatic carbocycles. The first-order valence-electron chi connectivity index (χ1n) is 9.41. The van der Waals surface area contributed by atoms with Crippen molar-refractivity contribution in [3.05, 3.63) is 78.1 Å². The third kappa shape index (κ3) is 4.68. The van der Waals surface area contributed by atoms with E-state index < -0.39 is 0 Å². The van der Waals surface area contributed by atoms with Gasteiger partial charge in [0.15, 0.2) is 0 Å². The Kier molecular flexibility index (Phi) is 5.95.